The summed E-state index contributed by atoms with van der Waals surface area (Å²) in [5.41, 5.74) is 1.91. The summed E-state index contributed by atoms with van der Waals surface area (Å²) < 4.78 is 13.9. The monoisotopic (exact) mass is 480 g/mol. The van der Waals surface area contributed by atoms with Gasteiger partial charge in [-0.3, -0.25) is 9.59 Å². The molecule has 2 rings (SSSR count). The lowest BCUT2D eigenvalue weighted by atomic mass is 10.1. The molecule has 0 radical (unpaired) electrons. The lowest BCUT2D eigenvalue weighted by molar-refractivity contribution is -0.138. The minimum absolute atomic E-state index is 0.101. The van der Waals surface area contributed by atoms with Crippen molar-refractivity contribution in [2.75, 3.05) is 12.3 Å². The summed E-state index contributed by atoms with van der Waals surface area (Å²) in [5, 5.41) is 2.87. The first-order valence-corrected chi connectivity index (χ1v) is 11.5. The molecule has 0 saturated carbocycles. The fourth-order valence-electron chi connectivity index (χ4n) is 2.73. The first kappa shape index (κ1) is 23.4. The SMILES string of the molecule is CCCNC(=O)[C@@H](C)N(Cc1cccc(Br)c1)C(=O)CSCc1ccc(F)cc1. The molecule has 0 aliphatic rings. The summed E-state index contributed by atoms with van der Waals surface area (Å²) in [7, 11) is 0. The van der Waals surface area contributed by atoms with Crippen molar-refractivity contribution in [2.24, 2.45) is 0 Å². The van der Waals surface area contributed by atoms with E-state index in [2.05, 4.69) is 21.2 Å². The largest absolute Gasteiger partial charge is 0.354 e. The van der Waals surface area contributed by atoms with Crippen LogP contribution in [0.15, 0.2) is 53.0 Å². The minimum atomic E-state index is -0.570. The summed E-state index contributed by atoms with van der Waals surface area (Å²) >= 11 is 4.90. The Morgan fingerprint density at radius 2 is 1.90 bits per heavy atom. The number of nitrogens with one attached hydrogen (secondary N) is 1. The number of thioether (sulfide) groups is 1. The van der Waals surface area contributed by atoms with Crippen molar-refractivity contribution in [1.29, 1.82) is 0 Å². The molecule has 0 unspecified atom stereocenters. The average Bonchev–Trinajstić information content (AvgIpc) is 2.71. The van der Waals surface area contributed by atoms with Crippen LogP contribution in [0.5, 0.6) is 0 Å². The fourth-order valence-corrected chi connectivity index (χ4v) is 4.05. The fraction of sp³-hybridized carbons (Fsp3) is 0.364. The lowest BCUT2D eigenvalue weighted by Gasteiger charge is -2.29. The van der Waals surface area contributed by atoms with Gasteiger partial charge in [0.15, 0.2) is 0 Å². The Bertz CT molecular complexity index is 817. The third-order valence-corrected chi connectivity index (χ3v) is 5.85. The van der Waals surface area contributed by atoms with Crippen molar-refractivity contribution in [2.45, 2.75) is 38.6 Å². The Labute approximate surface area is 184 Å². The normalized spacial score (nSPS) is 11.7. The van der Waals surface area contributed by atoms with Gasteiger partial charge in [-0.05, 0) is 48.7 Å². The molecule has 7 heteroatoms. The zero-order valence-corrected chi connectivity index (χ0v) is 19.1. The Hall–Kier alpha value is -1.86. The molecule has 0 bridgehead atoms. The van der Waals surface area contributed by atoms with Gasteiger partial charge >= 0.3 is 0 Å². The quantitative estimate of drug-likeness (QED) is 0.532. The van der Waals surface area contributed by atoms with Crippen molar-refractivity contribution >= 4 is 39.5 Å². The number of rotatable bonds is 10. The van der Waals surface area contributed by atoms with Gasteiger partial charge in [0.25, 0.3) is 0 Å². The van der Waals surface area contributed by atoms with E-state index in [-0.39, 0.29) is 23.4 Å². The number of hydrogen-bond donors (Lipinski definition) is 1. The van der Waals surface area contributed by atoms with Gasteiger partial charge in [0.2, 0.25) is 11.8 Å². The molecule has 1 N–H and O–H groups in total. The molecule has 1 atom stereocenters. The first-order valence-electron chi connectivity index (χ1n) is 9.54. The van der Waals surface area contributed by atoms with Crippen LogP contribution in [0.1, 0.15) is 31.4 Å². The van der Waals surface area contributed by atoms with Gasteiger partial charge in [-0.15, -0.1) is 11.8 Å². The van der Waals surface area contributed by atoms with Crippen molar-refractivity contribution in [3.63, 3.8) is 0 Å². The molecule has 0 saturated heterocycles. The van der Waals surface area contributed by atoms with E-state index in [9.17, 15) is 14.0 Å². The van der Waals surface area contributed by atoms with E-state index in [1.807, 2.05) is 31.2 Å². The number of halogens is 2. The molecule has 4 nitrogen and oxygen atoms in total. The third kappa shape index (κ3) is 7.82. The Balaban J connectivity index is 2.04. The van der Waals surface area contributed by atoms with Crippen LogP contribution in [0.2, 0.25) is 0 Å². The maximum absolute atomic E-state index is 13.0. The summed E-state index contributed by atoms with van der Waals surface area (Å²) in [4.78, 5) is 27.0. The second kappa shape index (κ2) is 12.0. The molecule has 0 spiro atoms. The summed E-state index contributed by atoms with van der Waals surface area (Å²) in [5.74, 6) is 0.320. The highest BCUT2D eigenvalue weighted by Gasteiger charge is 2.25. The topological polar surface area (TPSA) is 49.4 Å². The van der Waals surface area contributed by atoms with E-state index >= 15 is 0 Å². The molecule has 2 aromatic rings. The van der Waals surface area contributed by atoms with E-state index < -0.39 is 6.04 Å². The van der Waals surface area contributed by atoms with Crippen molar-refractivity contribution in [3.05, 3.63) is 69.9 Å². The molecule has 0 aliphatic heterocycles. The zero-order chi connectivity index (χ0) is 21.2. The summed E-state index contributed by atoms with van der Waals surface area (Å²) in [6.07, 6.45) is 0.839. The smallest absolute Gasteiger partial charge is 0.242 e. The number of carbonyl (C=O) groups is 2. The van der Waals surface area contributed by atoms with Gasteiger partial charge in [0.1, 0.15) is 11.9 Å². The molecule has 0 aliphatic carbocycles. The van der Waals surface area contributed by atoms with Gasteiger partial charge < -0.3 is 10.2 Å². The number of benzene rings is 2. The molecule has 0 fully saturated rings. The van der Waals surface area contributed by atoms with Crippen LogP contribution >= 0.6 is 27.7 Å². The second-order valence-corrected chi connectivity index (χ2v) is 8.64. The molecule has 2 aromatic carbocycles. The predicted octanol–water partition coefficient (Wildman–Crippen LogP) is 4.76. The van der Waals surface area contributed by atoms with Crippen LogP contribution in [0, 0.1) is 5.82 Å². The minimum Gasteiger partial charge on any atom is -0.354 e. The van der Waals surface area contributed by atoms with Gasteiger partial charge in [-0.2, -0.15) is 0 Å². The number of nitrogens with zero attached hydrogens (tertiary/aromatic N) is 1. The maximum Gasteiger partial charge on any atom is 0.242 e. The van der Waals surface area contributed by atoms with Crippen LogP contribution in [-0.4, -0.2) is 35.1 Å². The molecule has 156 valence electrons. The molecule has 2 amide bonds. The molecule has 0 heterocycles. The van der Waals surface area contributed by atoms with Gasteiger partial charge in [0.05, 0.1) is 5.75 Å². The highest BCUT2D eigenvalue weighted by Crippen LogP contribution is 2.18. The molecule has 29 heavy (non-hydrogen) atoms. The van der Waals surface area contributed by atoms with Crippen LogP contribution < -0.4 is 5.32 Å². The lowest BCUT2D eigenvalue weighted by Crippen LogP contribution is -2.48. The molecular weight excluding hydrogens is 455 g/mol. The van der Waals surface area contributed by atoms with Crippen LogP contribution in [0.25, 0.3) is 0 Å². The Morgan fingerprint density at radius 1 is 1.17 bits per heavy atom. The zero-order valence-electron chi connectivity index (χ0n) is 16.7. The number of carbonyl (C=O) groups excluding carboxylic acids is 2. The van der Waals surface area contributed by atoms with Gasteiger partial charge in [-0.1, -0.05) is 47.1 Å². The Morgan fingerprint density at radius 3 is 2.55 bits per heavy atom. The highest BCUT2D eigenvalue weighted by molar-refractivity contribution is 9.10. The average molecular weight is 481 g/mol. The van der Waals surface area contributed by atoms with Gasteiger partial charge in [0, 0.05) is 23.3 Å². The Kier molecular flexibility index (Phi) is 9.67. The summed E-state index contributed by atoms with van der Waals surface area (Å²) in [6, 6.07) is 13.4. The van der Waals surface area contributed by atoms with E-state index in [4.69, 9.17) is 0 Å². The molecular formula is C22H26BrFN2O2S. The predicted molar refractivity (Wildman–Crippen MR) is 120 cm³/mol. The number of amides is 2. The third-order valence-electron chi connectivity index (χ3n) is 4.37. The highest BCUT2D eigenvalue weighted by atomic mass is 79.9. The first-order chi connectivity index (χ1) is 13.9. The van der Waals surface area contributed by atoms with Crippen molar-refractivity contribution < 1.29 is 14.0 Å². The second-order valence-electron chi connectivity index (χ2n) is 6.74. The van der Waals surface area contributed by atoms with Crippen LogP contribution in [0.3, 0.4) is 0 Å². The van der Waals surface area contributed by atoms with E-state index in [0.717, 1.165) is 22.0 Å². The number of hydrogen-bond acceptors (Lipinski definition) is 3. The van der Waals surface area contributed by atoms with E-state index in [1.165, 1.54) is 23.9 Å². The van der Waals surface area contributed by atoms with E-state index in [0.29, 0.717) is 18.8 Å². The van der Waals surface area contributed by atoms with Crippen LogP contribution in [0.4, 0.5) is 4.39 Å². The standard InChI is InChI=1S/C22H26BrFN2O2S/c1-3-11-25-22(28)16(2)26(13-18-5-4-6-19(23)12-18)21(27)15-29-14-17-7-9-20(24)10-8-17/h4-10,12,16H,3,11,13-15H2,1-2H3,(H,25,28)/t16-/m1/s1. The van der Waals surface area contributed by atoms with Crippen molar-refractivity contribution in [3.8, 4) is 0 Å². The maximum atomic E-state index is 13.0. The van der Waals surface area contributed by atoms with Crippen molar-refractivity contribution in [1.82, 2.24) is 10.2 Å². The van der Waals surface area contributed by atoms with E-state index in [1.54, 1.807) is 24.0 Å². The summed E-state index contributed by atoms with van der Waals surface area (Å²) in [6.45, 7) is 4.68. The molecule has 0 aromatic heterocycles. The van der Waals surface area contributed by atoms with Gasteiger partial charge in [-0.25, -0.2) is 4.39 Å². The van der Waals surface area contributed by atoms with Crippen LogP contribution in [-0.2, 0) is 21.9 Å².